The van der Waals surface area contributed by atoms with Gasteiger partial charge in [0, 0.05) is 5.02 Å². The van der Waals surface area contributed by atoms with Crippen molar-refractivity contribution in [2.75, 3.05) is 16.9 Å². The van der Waals surface area contributed by atoms with E-state index in [0.717, 1.165) is 23.3 Å². The quantitative estimate of drug-likeness (QED) is 0.0286. The number of benzene rings is 4. The first-order valence-corrected chi connectivity index (χ1v) is 16.0. The summed E-state index contributed by atoms with van der Waals surface area (Å²) in [6, 6.07) is 18.7. The second kappa shape index (κ2) is 14.0. The minimum atomic E-state index is -4.66. The molecule has 16 heteroatoms. The molecule has 49 heavy (non-hydrogen) atoms. The van der Waals surface area contributed by atoms with Crippen LogP contribution in [-0.4, -0.2) is 35.5 Å². The number of hydrogen-bond donors (Lipinski definition) is 5. The molecule has 4 aromatic carbocycles. The van der Waals surface area contributed by atoms with Crippen LogP contribution in [0.15, 0.2) is 121 Å². The van der Waals surface area contributed by atoms with Crippen LogP contribution in [0.5, 0.6) is 0 Å². The average molecular weight is 699 g/mol. The fourth-order valence-electron chi connectivity index (χ4n) is 4.49. The number of halogens is 1. The van der Waals surface area contributed by atoms with Gasteiger partial charge in [-0.2, -0.15) is 18.6 Å². The molecule has 0 heterocycles. The Morgan fingerprint density at radius 1 is 0.816 bits per heavy atom. The van der Waals surface area contributed by atoms with E-state index in [2.05, 4.69) is 31.0 Å². The number of nitrogens with two attached hydrogens (primary N) is 2. The first kappa shape index (κ1) is 34.3. The number of hydrazone groups is 1. The summed E-state index contributed by atoms with van der Waals surface area (Å²) >= 11 is 6.04. The maximum Gasteiger partial charge on any atom is 0.339 e. The number of carbonyl (C=O) groups is 2. The van der Waals surface area contributed by atoms with Gasteiger partial charge in [-0.05, 0) is 96.8 Å². The summed E-state index contributed by atoms with van der Waals surface area (Å²) in [6.07, 6.45) is 3.78. The minimum Gasteiger partial charge on any atom is -0.478 e. The summed E-state index contributed by atoms with van der Waals surface area (Å²) in [5.41, 5.74) is 19.8. The summed E-state index contributed by atoms with van der Waals surface area (Å²) < 4.78 is 33.4. The molecule has 0 spiro atoms. The van der Waals surface area contributed by atoms with E-state index in [9.17, 15) is 22.6 Å². The Kier molecular flexibility index (Phi) is 9.79. The number of azo groups is 2. The van der Waals surface area contributed by atoms with E-state index < -0.39 is 26.8 Å². The van der Waals surface area contributed by atoms with Gasteiger partial charge in [-0.15, -0.1) is 15.3 Å². The molecule has 0 saturated carbocycles. The molecule has 0 aromatic heterocycles. The Bertz CT molecular complexity index is 2260. The molecule has 14 nitrogen and oxygen atoms in total. The third kappa shape index (κ3) is 7.93. The highest BCUT2D eigenvalue weighted by Gasteiger charge is 2.20. The lowest BCUT2D eigenvalue weighted by Crippen LogP contribution is -2.15. The van der Waals surface area contributed by atoms with Crippen LogP contribution in [0.3, 0.4) is 0 Å². The summed E-state index contributed by atoms with van der Waals surface area (Å²) in [4.78, 5) is 22.3. The molecule has 0 aliphatic heterocycles. The van der Waals surface area contributed by atoms with Gasteiger partial charge in [0.1, 0.15) is 27.5 Å². The van der Waals surface area contributed by atoms with Gasteiger partial charge in [0.2, 0.25) is 0 Å². The third-order valence-electron chi connectivity index (χ3n) is 7.21. The Hall–Kier alpha value is -6.03. The van der Waals surface area contributed by atoms with E-state index in [0.29, 0.717) is 28.2 Å². The number of nitrogen functional groups attached to an aromatic ring is 2. The van der Waals surface area contributed by atoms with Crippen molar-refractivity contribution in [1.82, 2.24) is 0 Å². The van der Waals surface area contributed by atoms with Crippen LogP contribution < -0.4 is 16.9 Å². The second-order valence-electron chi connectivity index (χ2n) is 10.7. The van der Waals surface area contributed by atoms with E-state index in [-0.39, 0.29) is 39.0 Å². The molecular weight excluding hydrogens is 672 g/mol. The molecule has 0 unspecified atom stereocenters. The highest BCUT2D eigenvalue weighted by Crippen LogP contribution is 2.42. The molecule has 1 aliphatic carbocycles. The maximum absolute atomic E-state index is 11.9. The summed E-state index contributed by atoms with van der Waals surface area (Å²) in [5, 5.41) is 30.1. The minimum absolute atomic E-state index is 0.0503. The zero-order valence-corrected chi connectivity index (χ0v) is 27.4. The smallest absolute Gasteiger partial charge is 0.339 e. The monoisotopic (exact) mass is 698 g/mol. The van der Waals surface area contributed by atoms with Gasteiger partial charge >= 0.3 is 5.97 Å². The summed E-state index contributed by atoms with van der Waals surface area (Å²) in [5.74, 6) is -1.91. The number of rotatable bonds is 9. The normalized spacial score (nSPS) is 14.2. The molecule has 5 rings (SSSR count). The molecule has 0 fully saturated rings. The van der Waals surface area contributed by atoms with E-state index in [1.54, 1.807) is 44.2 Å². The topological polar surface area (TPSA) is 235 Å². The van der Waals surface area contributed by atoms with E-state index >= 15 is 0 Å². The van der Waals surface area contributed by atoms with Gasteiger partial charge in [-0.3, -0.25) is 14.8 Å². The molecule has 0 radical (unpaired) electrons. The molecule has 0 saturated heterocycles. The Morgan fingerprint density at radius 3 is 2.06 bits per heavy atom. The molecule has 0 amide bonds. The van der Waals surface area contributed by atoms with Crippen molar-refractivity contribution in [1.29, 1.82) is 0 Å². The number of nitrogens with one attached hydrogen (secondary N) is 1. The van der Waals surface area contributed by atoms with Crippen LogP contribution in [0.2, 0.25) is 5.02 Å². The van der Waals surface area contributed by atoms with Crippen LogP contribution in [-0.2, 0) is 19.7 Å². The van der Waals surface area contributed by atoms with E-state index in [1.165, 1.54) is 18.2 Å². The number of carboxylic acid groups (broad SMARTS) is 1. The van der Waals surface area contributed by atoms with Crippen LogP contribution in [0.1, 0.15) is 11.1 Å². The van der Waals surface area contributed by atoms with Crippen LogP contribution in [0.4, 0.5) is 39.8 Å². The number of allylic oxidation sites excluding steroid dienone is 3. The number of carbonyl (C=O) groups excluding carboxylic acids is 1. The van der Waals surface area contributed by atoms with E-state index in [4.69, 9.17) is 28.2 Å². The lowest BCUT2D eigenvalue weighted by Gasteiger charge is -2.10. The first-order valence-electron chi connectivity index (χ1n) is 14.2. The molecule has 0 atom stereocenters. The fraction of sp³-hybridized carbons (Fsp3) is 0.0606. The predicted molar refractivity (Wildman–Crippen MR) is 187 cm³/mol. The number of carboxylic acids is 1. The van der Waals surface area contributed by atoms with Gasteiger partial charge in [0.05, 0.1) is 28.5 Å². The highest BCUT2D eigenvalue weighted by atomic mass is 35.5. The lowest BCUT2D eigenvalue weighted by atomic mass is 10.0. The summed E-state index contributed by atoms with van der Waals surface area (Å²) in [7, 11) is -4.66. The van der Waals surface area contributed by atoms with Crippen molar-refractivity contribution >= 4 is 79.0 Å². The third-order valence-corrected chi connectivity index (χ3v) is 8.50. The second-order valence-corrected chi connectivity index (χ2v) is 12.5. The van der Waals surface area contributed by atoms with Crippen LogP contribution in [0.25, 0.3) is 11.1 Å². The Morgan fingerprint density at radius 2 is 1.43 bits per heavy atom. The van der Waals surface area contributed by atoms with Crippen molar-refractivity contribution in [3.63, 3.8) is 0 Å². The van der Waals surface area contributed by atoms with Gasteiger partial charge in [-0.1, -0.05) is 35.9 Å². The SMILES string of the molecule is Cc1cc(N=Nc2c(N)c(C)cc(N=Nc3ccc(-c4ccc(NN=C5C=CC(=O)C(C(=O)O)=C5)cc4)cc3)c2N)c(S(=O)(=O)O)cc1Cl. The number of nitrogens with zero attached hydrogens (tertiary/aromatic N) is 5. The van der Waals surface area contributed by atoms with Crippen molar-refractivity contribution in [3.05, 3.63) is 107 Å². The number of aliphatic carboxylic acids is 1. The average Bonchev–Trinajstić information content (AvgIpc) is 3.06. The Balaban J connectivity index is 1.32. The molecular formula is C33H27ClN8O6S. The number of anilines is 3. The number of hydrogen-bond acceptors (Lipinski definition) is 12. The molecule has 0 bridgehead atoms. The van der Waals surface area contributed by atoms with Crippen LogP contribution in [0, 0.1) is 13.8 Å². The van der Waals surface area contributed by atoms with E-state index in [1.807, 2.05) is 24.3 Å². The molecule has 4 aromatic rings. The van der Waals surface area contributed by atoms with Gasteiger partial charge < -0.3 is 16.6 Å². The largest absolute Gasteiger partial charge is 0.478 e. The van der Waals surface area contributed by atoms with Crippen molar-refractivity contribution < 1.29 is 27.7 Å². The first-order chi connectivity index (χ1) is 23.2. The van der Waals surface area contributed by atoms with Gasteiger partial charge in [0.25, 0.3) is 10.1 Å². The van der Waals surface area contributed by atoms with Crippen LogP contribution >= 0.6 is 11.6 Å². The Labute approximate surface area is 285 Å². The van der Waals surface area contributed by atoms with Crippen molar-refractivity contribution in [3.8, 4) is 11.1 Å². The number of ketones is 1. The lowest BCUT2D eigenvalue weighted by molar-refractivity contribution is -0.134. The summed E-state index contributed by atoms with van der Waals surface area (Å²) in [6.45, 7) is 3.36. The highest BCUT2D eigenvalue weighted by molar-refractivity contribution is 7.86. The van der Waals surface area contributed by atoms with Crippen molar-refractivity contribution in [2.24, 2.45) is 25.6 Å². The molecule has 248 valence electrons. The molecule has 7 N–H and O–H groups in total. The standard InChI is InChI=1S/C33H27ClN8O6S/c1-17-13-26(29(16-25(17)34)49(46,47)48)40-42-32-30(35)18(2)14-27(31(32)36)41-38-22-9-5-20(6-10-22)19-3-7-21(8-4-19)37-39-23-11-12-28(43)24(15-23)33(44)45/h3-16,37H,35-36H2,1-2H3,(H,44,45)(H,46,47,48). The maximum atomic E-state index is 11.9. The zero-order chi connectivity index (χ0) is 35.5. The predicted octanol–water partition coefficient (Wildman–Crippen LogP) is 7.78. The fourth-order valence-corrected chi connectivity index (χ4v) is 5.35. The number of aryl methyl sites for hydroxylation is 2. The van der Waals surface area contributed by atoms with Gasteiger partial charge in [-0.25, -0.2) is 4.79 Å². The molecule has 1 aliphatic rings. The zero-order valence-electron chi connectivity index (χ0n) is 25.8. The van der Waals surface area contributed by atoms with Crippen molar-refractivity contribution in [2.45, 2.75) is 18.7 Å². The van der Waals surface area contributed by atoms with Gasteiger partial charge in [0.15, 0.2) is 5.78 Å².